The molecule has 0 saturated carbocycles. The molecule has 0 spiro atoms. The summed E-state index contributed by atoms with van der Waals surface area (Å²) < 4.78 is 13.8. The number of aliphatic carboxylic acids is 1. The molecular formula is C14H18FNO3. The highest BCUT2D eigenvalue weighted by Gasteiger charge is 2.37. The molecule has 1 amide bonds. The number of halogens is 1. The van der Waals surface area contributed by atoms with Gasteiger partial charge in [-0.2, -0.15) is 0 Å². The molecule has 0 aromatic heterocycles. The average molecular weight is 267 g/mol. The number of hydrogen-bond donors (Lipinski definition) is 2. The Morgan fingerprint density at radius 2 is 1.89 bits per heavy atom. The van der Waals surface area contributed by atoms with E-state index in [9.17, 15) is 19.1 Å². The second-order valence-electron chi connectivity index (χ2n) is 4.48. The summed E-state index contributed by atoms with van der Waals surface area (Å²) in [5.74, 6) is -2.43. The van der Waals surface area contributed by atoms with Crippen molar-refractivity contribution in [3.05, 3.63) is 35.1 Å². The molecule has 2 N–H and O–H groups in total. The summed E-state index contributed by atoms with van der Waals surface area (Å²) in [4.78, 5) is 23.3. The van der Waals surface area contributed by atoms with Crippen LogP contribution in [0.15, 0.2) is 18.2 Å². The number of carbonyl (C=O) groups excluding carboxylic acids is 1. The van der Waals surface area contributed by atoms with Gasteiger partial charge in [0, 0.05) is 0 Å². The van der Waals surface area contributed by atoms with E-state index < -0.39 is 23.2 Å². The van der Waals surface area contributed by atoms with E-state index in [4.69, 9.17) is 0 Å². The molecule has 0 unspecified atom stereocenters. The van der Waals surface area contributed by atoms with Crippen LogP contribution in [0.3, 0.4) is 0 Å². The van der Waals surface area contributed by atoms with Crippen LogP contribution in [0.2, 0.25) is 0 Å². The van der Waals surface area contributed by atoms with Crippen LogP contribution in [0, 0.1) is 12.7 Å². The van der Waals surface area contributed by atoms with Crippen LogP contribution in [0.4, 0.5) is 4.39 Å². The van der Waals surface area contributed by atoms with Crippen molar-refractivity contribution in [3.63, 3.8) is 0 Å². The van der Waals surface area contributed by atoms with E-state index in [1.165, 1.54) is 6.07 Å². The second kappa shape index (κ2) is 5.82. The number of carbonyl (C=O) groups is 2. The maximum atomic E-state index is 13.8. The summed E-state index contributed by atoms with van der Waals surface area (Å²) in [6, 6.07) is 4.46. The third kappa shape index (κ3) is 2.92. The topological polar surface area (TPSA) is 66.4 Å². The molecule has 4 nitrogen and oxygen atoms in total. The standard InChI is InChI=1S/C14H18FNO3/c1-4-14(5-2,13(18)19)16-12(17)10-8-6-7-9(3)11(10)15/h6-8H,4-5H2,1-3H3,(H,16,17)(H,18,19). The van der Waals surface area contributed by atoms with Crippen molar-refractivity contribution >= 4 is 11.9 Å². The predicted octanol–water partition coefficient (Wildman–Crippen LogP) is 2.51. The first kappa shape index (κ1) is 15.1. The van der Waals surface area contributed by atoms with Gasteiger partial charge >= 0.3 is 5.97 Å². The highest BCUT2D eigenvalue weighted by molar-refractivity contribution is 5.98. The SMILES string of the molecule is CCC(CC)(NC(=O)c1cccc(C)c1F)C(=O)O. The lowest BCUT2D eigenvalue weighted by molar-refractivity contribution is -0.144. The van der Waals surface area contributed by atoms with Crippen molar-refractivity contribution in [2.24, 2.45) is 0 Å². The number of carboxylic acids is 1. The van der Waals surface area contributed by atoms with Crippen LogP contribution in [-0.2, 0) is 4.79 Å². The van der Waals surface area contributed by atoms with Gasteiger partial charge in [0.15, 0.2) is 0 Å². The van der Waals surface area contributed by atoms with Crippen molar-refractivity contribution in [2.45, 2.75) is 39.2 Å². The van der Waals surface area contributed by atoms with Gasteiger partial charge in [0.2, 0.25) is 0 Å². The predicted molar refractivity (Wildman–Crippen MR) is 69.6 cm³/mol. The van der Waals surface area contributed by atoms with Gasteiger partial charge in [-0.15, -0.1) is 0 Å². The summed E-state index contributed by atoms with van der Waals surface area (Å²) in [6.45, 7) is 4.89. The largest absolute Gasteiger partial charge is 0.480 e. The van der Waals surface area contributed by atoms with Crippen LogP contribution in [0.1, 0.15) is 42.6 Å². The molecule has 0 heterocycles. The first-order valence-corrected chi connectivity index (χ1v) is 6.19. The second-order valence-corrected chi connectivity index (χ2v) is 4.48. The minimum atomic E-state index is -1.35. The minimum Gasteiger partial charge on any atom is -0.480 e. The normalized spacial score (nSPS) is 11.2. The Bertz CT molecular complexity index is 495. The Balaban J connectivity index is 3.08. The zero-order chi connectivity index (χ0) is 14.6. The molecule has 104 valence electrons. The van der Waals surface area contributed by atoms with Crippen molar-refractivity contribution in [1.82, 2.24) is 5.32 Å². The maximum absolute atomic E-state index is 13.8. The van der Waals surface area contributed by atoms with E-state index in [0.29, 0.717) is 5.56 Å². The highest BCUT2D eigenvalue weighted by atomic mass is 19.1. The summed E-state index contributed by atoms with van der Waals surface area (Å²) >= 11 is 0. The van der Waals surface area contributed by atoms with Gasteiger partial charge in [-0.1, -0.05) is 26.0 Å². The number of nitrogens with one attached hydrogen (secondary N) is 1. The molecule has 0 bridgehead atoms. The van der Waals surface area contributed by atoms with Gasteiger partial charge < -0.3 is 10.4 Å². The number of carboxylic acid groups (broad SMARTS) is 1. The van der Waals surface area contributed by atoms with Gasteiger partial charge in [-0.25, -0.2) is 9.18 Å². The smallest absolute Gasteiger partial charge is 0.329 e. The molecule has 0 atom stereocenters. The molecular weight excluding hydrogens is 249 g/mol. The van der Waals surface area contributed by atoms with Crippen molar-refractivity contribution in [3.8, 4) is 0 Å². The van der Waals surface area contributed by atoms with Crippen LogP contribution in [-0.4, -0.2) is 22.5 Å². The van der Waals surface area contributed by atoms with E-state index in [2.05, 4.69) is 5.32 Å². The van der Waals surface area contributed by atoms with Gasteiger partial charge in [0.05, 0.1) is 5.56 Å². The Labute approximate surface area is 111 Å². The molecule has 1 aromatic carbocycles. The van der Waals surface area contributed by atoms with E-state index in [-0.39, 0.29) is 18.4 Å². The number of rotatable bonds is 5. The van der Waals surface area contributed by atoms with Crippen LogP contribution >= 0.6 is 0 Å². The molecule has 1 aromatic rings. The minimum absolute atomic E-state index is 0.132. The van der Waals surface area contributed by atoms with Crippen LogP contribution in [0.5, 0.6) is 0 Å². The first-order valence-electron chi connectivity index (χ1n) is 6.19. The maximum Gasteiger partial charge on any atom is 0.329 e. The Kier molecular flexibility index (Phi) is 4.64. The van der Waals surface area contributed by atoms with Crippen molar-refractivity contribution in [2.75, 3.05) is 0 Å². The third-order valence-corrected chi connectivity index (χ3v) is 3.41. The zero-order valence-electron chi connectivity index (χ0n) is 11.3. The molecule has 1 rings (SSSR count). The molecule has 19 heavy (non-hydrogen) atoms. The van der Waals surface area contributed by atoms with Crippen molar-refractivity contribution in [1.29, 1.82) is 0 Å². The lowest BCUT2D eigenvalue weighted by Crippen LogP contribution is -2.53. The fourth-order valence-electron chi connectivity index (χ4n) is 1.89. The molecule has 0 aliphatic heterocycles. The fraction of sp³-hybridized carbons (Fsp3) is 0.429. The summed E-state index contributed by atoms with van der Waals surface area (Å²) in [7, 11) is 0. The van der Waals surface area contributed by atoms with E-state index in [1.54, 1.807) is 32.9 Å². The van der Waals surface area contributed by atoms with E-state index >= 15 is 0 Å². The molecule has 0 aliphatic carbocycles. The molecule has 0 fully saturated rings. The summed E-state index contributed by atoms with van der Waals surface area (Å²) in [5.41, 5.74) is -1.14. The molecule has 0 aliphatic rings. The van der Waals surface area contributed by atoms with Crippen LogP contribution < -0.4 is 5.32 Å². The van der Waals surface area contributed by atoms with Gasteiger partial charge in [-0.3, -0.25) is 4.79 Å². The third-order valence-electron chi connectivity index (χ3n) is 3.41. The number of amides is 1. The summed E-state index contributed by atoms with van der Waals surface area (Å²) in [5, 5.41) is 11.7. The number of hydrogen-bond acceptors (Lipinski definition) is 2. The lowest BCUT2D eigenvalue weighted by atomic mass is 9.92. The first-order chi connectivity index (χ1) is 8.88. The lowest BCUT2D eigenvalue weighted by Gasteiger charge is -2.28. The summed E-state index contributed by atoms with van der Waals surface area (Å²) in [6.07, 6.45) is 0.468. The van der Waals surface area contributed by atoms with Gasteiger partial charge in [0.25, 0.3) is 5.91 Å². The van der Waals surface area contributed by atoms with E-state index in [1.807, 2.05) is 0 Å². The monoisotopic (exact) mass is 267 g/mol. The van der Waals surface area contributed by atoms with Gasteiger partial charge in [0.1, 0.15) is 11.4 Å². The Hall–Kier alpha value is -1.91. The van der Waals surface area contributed by atoms with E-state index in [0.717, 1.165) is 0 Å². The molecule has 0 radical (unpaired) electrons. The molecule has 5 heteroatoms. The highest BCUT2D eigenvalue weighted by Crippen LogP contribution is 2.18. The van der Waals surface area contributed by atoms with Gasteiger partial charge in [-0.05, 0) is 31.4 Å². The number of benzene rings is 1. The number of aryl methyl sites for hydroxylation is 1. The Morgan fingerprint density at radius 3 is 2.37 bits per heavy atom. The quantitative estimate of drug-likeness (QED) is 0.861. The Morgan fingerprint density at radius 1 is 1.32 bits per heavy atom. The fourth-order valence-corrected chi connectivity index (χ4v) is 1.89. The zero-order valence-corrected chi connectivity index (χ0v) is 11.3. The van der Waals surface area contributed by atoms with Crippen LogP contribution in [0.25, 0.3) is 0 Å². The van der Waals surface area contributed by atoms with Crippen molar-refractivity contribution < 1.29 is 19.1 Å². The average Bonchev–Trinajstić information content (AvgIpc) is 2.38. The molecule has 0 saturated heterocycles.